The second-order valence-corrected chi connectivity index (χ2v) is 5.25. The van der Waals surface area contributed by atoms with Crippen LogP contribution in [0.3, 0.4) is 0 Å². The zero-order valence-electron chi connectivity index (χ0n) is 13.3. The van der Waals surface area contributed by atoms with Crippen molar-refractivity contribution in [1.82, 2.24) is 0 Å². The number of nitro benzene ring substituents is 1. The number of Topliss-reactive ketones (excluding diaryl/α,β-unsaturated/α-hetero) is 1. The summed E-state index contributed by atoms with van der Waals surface area (Å²) in [6.45, 7) is 1.29. The number of carbonyl (C=O) groups excluding carboxylic acids is 1. The molecule has 0 heterocycles. The summed E-state index contributed by atoms with van der Waals surface area (Å²) >= 11 is 0. The minimum atomic E-state index is -1.28. The Bertz CT molecular complexity index is 713. The fourth-order valence-corrected chi connectivity index (χ4v) is 2.25. The van der Waals surface area contributed by atoms with Gasteiger partial charge in [-0.1, -0.05) is 12.1 Å². The first-order chi connectivity index (χ1) is 11.4. The van der Waals surface area contributed by atoms with Gasteiger partial charge in [0.15, 0.2) is 5.78 Å². The molecule has 2 aromatic rings. The zero-order valence-corrected chi connectivity index (χ0v) is 13.3. The standard InChI is InChI=1S/C17H18N2O5/c1-11(20)17(21)16(12-3-7-14(8-4-12)19(22)23)18-13-5-9-15(24-2)10-6-13/h3-10,16-18,21H,1-2H3/t16-,17-/m1/s1. The van der Waals surface area contributed by atoms with Gasteiger partial charge in [0.2, 0.25) is 0 Å². The smallest absolute Gasteiger partial charge is 0.269 e. The second kappa shape index (κ2) is 7.56. The lowest BCUT2D eigenvalue weighted by Crippen LogP contribution is -2.31. The topological polar surface area (TPSA) is 102 Å². The first kappa shape index (κ1) is 17.4. The molecule has 0 bridgehead atoms. The molecule has 0 saturated carbocycles. The summed E-state index contributed by atoms with van der Waals surface area (Å²) < 4.78 is 5.08. The summed E-state index contributed by atoms with van der Waals surface area (Å²) in [5.41, 5.74) is 1.19. The molecular formula is C17H18N2O5. The van der Waals surface area contributed by atoms with E-state index in [9.17, 15) is 20.0 Å². The van der Waals surface area contributed by atoms with Crippen molar-refractivity contribution in [3.63, 3.8) is 0 Å². The molecule has 0 spiro atoms. The number of nitrogens with zero attached hydrogens (tertiary/aromatic N) is 1. The number of aliphatic hydroxyl groups is 1. The molecule has 0 fully saturated rings. The van der Waals surface area contributed by atoms with Gasteiger partial charge in [-0.15, -0.1) is 0 Å². The normalized spacial score (nSPS) is 13.0. The maximum absolute atomic E-state index is 11.6. The van der Waals surface area contributed by atoms with Crippen LogP contribution in [0.1, 0.15) is 18.5 Å². The molecule has 2 aromatic carbocycles. The van der Waals surface area contributed by atoms with E-state index in [-0.39, 0.29) is 5.69 Å². The van der Waals surface area contributed by atoms with Gasteiger partial charge in [0, 0.05) is 17.8 Å². The highest BCUT2D eigenvalue weighted by Crippen LogP contribution is 2.26. The lowest BCUT2D eigenvalue weighted by atomic mass is 9.98. The van der Waals surface area contributed by atoms with E-state index in [1.54, 1.807) is 31.4 Å². The van der Waals surface area contributed by atoms with Crippen LogP contribution < -0.4 is 10.1 Å². The van der Waals surface area contributed by atoms with Gasteiger partial charge in [-0.25, -0.2) is 0 Å². The Morgan fingerprint density at radius 2 is 1.75 bits per heavy atom. The molecule has 126 valence electrons. The number of non-ortho nitro benzene ring substituents is 1. The van der Waals surface area contributed by atoms with E-state index in [4.69, 9.17) is 4.74 Å². The fraction of sp³-hybridized carbons (Fsp3) is 0.235. The van der Waals surface area contributed by atoms with Crippen molar-refractivity contribution in [1.29, 1.82) is 0 Å². The molecule has 2 N–H and O–H groups in total. The van der Waals surface area contributed by atoms with Crippen molar-refractivity contribution < 1.29 is 19.6 Å². The van der Waals surface area contributed by atoms with Crippen molar-refractivity contribution in [3.05, 3.63) is 64.2 Å². The van der Waals surface area contributed by atoms with Crippen molar-refractivity contribution >= 4 is 17.2 Å². The van der Waals surface area contributed by atoms with Gasteiger partial charge in [-0.2, -0.15) is 0 Å². The van der Waals surface area contributed by atoms with Crippen LogP contribution in [0.4, 0.5) is 11.4 Å². The summed E-state index contributed by atoms with van der Waals surface area (Å²) in [6, 6.07) is 12.0. The fourth-order valence-electron chi connectivity index (χ4n) is 2.25. The number of hydrogen-bond acceptors (Lipinski definition) is 6. The Morgan fingerprint density at radius 3 is 2.21 bits per heavy atom. The number of nitro groups is 1. The van der Waals surface area contributed by atoms with E-state index in [0.717, 1.165) is 0 Å². The molecule has 24 heavy (non-hydrogen) atoms. The molecule has 0 amide bonds. The van der Waals surface area contributed by atoms with E-state index in [0.29, 0.717) is 17.0 Å². The zero-order chi connectivity index (χ0) is 17.7. The molecule has 2 atom stereocenters. The number of ether oxygens (including phenoxy) is 1. The number of ketones is 1. The summed E-state index contributed by atoms with van der Waals surface area (Å²) in [4.78, 5) is 21.9. The number of methoxy groups -OCH3 is 1. The van der Waals surface area contributed by atoms with E-state index in [1.165, 1.54) is 31.2 Å². The molecule has 2 rings (SSSR count). The van der Waals surface area contributed by atoms with E-state index in [1.807, 2.05) is 0 Å². The predicted molar refractivity (Wildman–Crippen MR) is 89.1 cm³/mol. The Kier molecular flexibility index (Phi) is 5.49. The Labute approximate surface area is 139 Å². The number of anilines is 1. The molecule has 0 aliphatic carbocycles. The quantitative estimate of drug-likeness (QED) is 0.598. The van der Waals surface area contributed by atoms with E-state index < -0.39 is 22.9 Å². The number of rotatable bonds is 7. The summed E-state index contributed by atoms with van der Waals surface area (Å²) in [7, 11) is 1.56. The third-order valence-electron chi connectivity index (χ3n) is 3.61. The van der Waals surface area contributed by atoms with Crippen LogP contribution in [0.5, 0.6) is 5.75 Å². The van der Waals surface area contributed by atoms with Gasteiger partial charge in [-0.3, -0.25) is 14.9 Å². The Hall–Kier alpha value is -2.93. The number of carbonyl (C=O) groups is 1. The van der Waals surface area contributed by atoms with Crippen LogP contribution in [-0.2, 0) is 4.79 Å². The lowest BCUT2D eigenvalue weighted by molar-refractivity contribution is -0.384. The van der Waals surface area contributed by atoms with Gasteiger partial charge >= 0.3 is 0 Å². The number of hydrogen-bond donors (Lipinski definition) is 2. The number of aliphatic hydroxyl groups excluding tert-OH is 1. The number of nitrogens with one attached hydrogen (secondary N) is 1. The van der Waals surface area contributed by atoms with Gasteiger partial charge in [0.25, 0.3) is 5.69 Å². The molecular weight excluding hydrogens is 312 g/mol. The first-order valence-electron chi connectivity index (χ1n) is 7.26. The third kappa shape index (κ3) is 4.08. The van der Waals surface area contributed by atoms with E-state index in [2.05, 4.69) is 5.32 Å². The molecule has 0 saturated heterocycles. The largest absolute Gasteiger partial charge is 0.497 e. The number of benzene rings is 2. The summed E-state index contributed by atoms with van der Waals surface area (Å²) in [5.74, 6) is 0.277. The third-order valence-corrected chi connectivity index (χ3v) is 3.61. The lowest BCUT2D eigenvalue weighted by Gasteiger charge is -2.24. The second-order valence-electron chi connectivity index (χ2n) is 5.25. The molecule has 7 nitrogen and oxygen atoms in total. The van der Waals surface area contributed by atoms with Crippen molar-refractivity contribution in [2.24, 2.45) is 0 Å². The average Bonchev–Trinajstić information content (AvgIpc) is 2.59. The van der Waals surface area contributed by atoms with Crippen LogP contribution in [0, 0.1) is 10.1 Å². The molecule has 0 aliphatic rings. The minimum Gasteiger partial charge on any atom is -0.497 e. The Balaban J connectivity index is 2.29. The van der Waals surface area contributed by atoms with Crippen LogP contribution in [-0.4, -0.2) is 29.0 Å². The van der Waals surface area contributed by atoms with Crippen molar-refractivity contribution in [3.8, 4) is 5.75 Å². The summed E-state index contributed by atoms with van der Waals surface area (Å²) in [5, 5.41) is 24.0. The van der Waals surface area contributed by atoms with Gasteiger partial charge < -0.3 is 15.2 Å². The van der Waals surface area contributed by atoms with Gasteiger partial charge in [0.1, 0.15) is 11.9 Å². The SMILES string of the molecule is COc1ccc(N[C@H](c2ccc([N+](=O)[O-])cc2)[C@H](O)C(C)=O)cc1. The predicted octanol–water partition coefficient (Wildman–Crippen LogP) is 2.71. The molecule has 0 radical (unpaired) electrons. The molecule has 7 heteroatoms. The van der Waals surface area contributed by atoms with Crippen molar-refractivity contribution in [2.75, 3.05) is 12.4 Å². The van der Waals surface area contributed by atoms with Crippen LogP contribution in [0.2, 0.25) is 0 Å². The highest BCUT2D eigenvalue weighted by atomic mass is 16.6. The highest BCUT2D eigenvalue weighted by Gasteiger charge is 2.25. The maximum Gasteiger partial charge on any atom is 0.269 e. The van der Waals surface area contributed by atoms with Gasteiger partial charge in [0.05, 0.1) is 18.1 Å². The molecule has 0 aliphatic heterocycles. The first-order valence-corrected chi connectivity index (χ1v) is 7.26. The van der Waals surface area contributed by atoms with Gasteiger partial charge in [-0.05, 0) is 36.8 Å². The van der Waals surface area contributed by atoms with E-state index >= 15 is 0 Å². The minimum absolute atomic E-state index is 0.0562. The average molecular weight is 330 g/mol. The monoisotopic (exact) mass is 330 g/mol. The Morgan fingerprint density at radius 1 is 1.17 bits per heavy atom. The highest BCUT2D eigenvalue weighted by molar-refractivity contribution is 5.81. The van der Waals surface area contributed by atoms with Crippen molar-refractivity contribution in [2.45, 2.75) is 19.1 Å². The maximum atomic E-state index is 11.6. The van der Waals surface area contributed by atoms with Crippen LogP contribution in [0.15, 0.2) is 48.5 Å². The van der Waals surface area contributed by atoms with Crippen LogP contribution in [0.25, 0.3) is 0 Å². The molecule has 0 unspecified atom stereocenters. The molecule has 0 aromatic heterocycles. The summed E-state index contributed by atoms with van der Waals surface area (Å²) in [6.07, 6.45) is -1.28. The van der Waals surface area contributed by atoms with Crippen LogP contribution >= 0.6 is 0 Å².